The lowest BCUT2D eigenvalue weighted by Crippen LogP contribution is -2.30. The first kappa shape index (κ1) is 13.7. The van der Waals surface area contributed by atoms with Crippen molar-refractivity contribution in [2.45, 2.75) is 25.9 Å². The van der Waals surface area contributed by atoms with Crippen molar-refractivity contribution in [3.63, 3.8) is 0 Å². The quantitative estimate of drug-likeness (QED) is 0.878. The number of carbonyl (C=O) groups is 1. The van der Waals surface area contributed by atoms with Crippen LogP contribution in [-0.4, -0.2) is 19.1 Å². The number of furan rings is 1. The second kappa shape index (κ2) is 5.61. The lowest BCUT2D eigenvalue weighted by molar-refractivity contribution is 0.0508. The van der Waals surface area contributed by atoms with E-state index in [1.54, 1.807) is 0 Å². The van der Waals surface area contributed by atoms with Crippen molar-refractivity contribution >= 4 is 11.6 Å². The molecule has 2 aromatic rings. The van der Waals surface area contributed by atoms with Crippen LogP contribution in [0.15, 0.2) is 41.0 Å². The van der Waals surface area contributed by atoms with Gasteiger partial charge in [0.05, 0.1) is 13.4 Å². The number of hydroxylamine groups is 1. The van der Waals surface area contributed by atoms with Crippen LogP contribution in [0.2, 0.25) is 0 Å². The van der Waals surface area contributed by atoms with Gasteiger partial charge in [0, 0.05) is 23.8 Å². The second-order valence-electron chi connectivity index (χ2n) is 5.22. The molecule has 5 nitrogen and oxygen atoms in total. The number of nitrogens with one attached hydrogen (secondary N) is 1. The summed E-state index contributed by atoms with van der Waals surface area (Å²) in [7, 11) is 1.40. The Hall–Kier alpha value is -2.27. The summed E-state index contributed by atoms with van der Waals surface area (Å²) in [5, 5.41) is 0. The summed E-state index contributed by atoms with van der Waals surface area (Å²) in [6, 6.07) is 10.6. The zero-order valence-corrected chi connectivity index (χ0v) is 12.1. The predicted octanol–water partition coefficient (Wildman–Crippen LogP) is 2.52. The number of fused-ring (bicyclic) bond motifs is 1. The highest BCUT2D eigenvalue weighted by Crippen LogP contribution is 2.33. The Bertz CT molecular complexity index is 650. The summed E-state index contributed by atoms with van der Waals surface area (Å²) >= 11 is 0. The number of nitrogens with zero attached hydrogens (tertiary/aromatic N) is 1. The van der Waals surface area contributed by atoms with Crippen LogP contribution < -0.4 is 10.4 Å². The molecule has 110 valence electrons. The van der Waals surface area contributed by atoms with Gasteiger partial charge in [0.15, 0.2) is 5.76 Å². The van der Waals surface area contributed by atoms with Crippen LogP contribution in [0.25, 0.3) is 0 Å². The van der Waals surface area contributed by atoms with Gasteiger partial charge in [-0.05, 0) is 31.0 Å². The first-order chi connectivity index (χ1) is 10.2. The molecule has 0 bridgehead atoms. The molecule has 1 N–H and O–H groups in total. The van der Waals surface area contributed by atoms with Gasteiger partial charge in [-0.15, -0.1) is 0 Å². The first-order valence-corrected chi connectivity index (χ1v) is 6.95. The van der Waals surface area contributed by atoms with Crippen LogP contribution in [0.5, 0.6) is 0 Å². The SMILES string of the molecule is CONC(=O)c1occc1CN1c2ccccc2C[C@H]1C. The molecule has 2 heterocycles. The molecule has 1 aliphatic rings. The Morgan fingerprint density at radius 2 is 2.24 bits per heavy atom. The highest BCUT2D eigenvalue weighted by molar-refractivity contribution is 5.92. The van der Waals surface area contributed by atoms with E-state index in [2.05, 4.69) is 40.3 Å². The molecule has 1 aromatic heterocycles. The number of benzene rings is 1. The normalized spacial score (nSPS) is 16.9. The molecule has 3 rings (SSSR count). The number of carbonyl (C=O) groups excluding carboxylic acids is 1. The number of anilines is 1. The third-order valence-electron chi connectivity index (χ3n) is 3.84. The van der Waals surface area contributed by atoms with Crippen LogP contribution in [0.4, 0.5) is 5.69 Å². The van der Waals surface area contributed by atoms with E-state index in [1.807, 2.05) is 12.1 Å². The molecule has 0 saturated carbocycles. The van der Waals surface area contributed by atoms with Crippen molar-refractivity contribution < 1.29 is 14.0 Å². The summed E-state index contributed by atoms with van der Waals surface area (Å²) in [5.41, 5.74) is 5.72. The summed E-state index contributed by atoms with van der Waals surface area (Å²) in [6.07, 6.45) is 2.56. The molecule has 1 amide bonds. The third kappa shape index (κ3) is 2.52. The highest BCUT2D eigenvalue weighted by atomic mass is 16.6. The molecule has 5 heteroatoms. The second-order valence-corrected chi connectivity index (χ2v) is 5.22. The van der Waals surface area contributed by atoms with Crippen molar-refractivity contribution in [1.29, 1.82) is 0 Å². The fraction of sp³-hybridized carbons (Fsp3) is 0.312. The molecule has 21 heavy (non-hydrogen) atoms. The maximum atomic E-state index is 11.9. The molecular formula is C16H18N2O3. The van der Waals surface area contributed by atoms with E-state index in [4.69, 9.17) is 4.42 Å². The predicted molar refractivity (Wildman–Crippen MR) is 79.0 cm³/mol. The number of para-hydroxylation sites is 1. The monoisotopic (exact) mass is 286 g/mol. The van der Waals surface area contributed by atoms with E-state index in [9.17, 15) is 4.79 Å². The van der Waals surface area contributed by atoms with Gasteiger partial charge >= 0.3 is 5.91 Å². The van der Waals surface area contributed by atoms with E-state index in [0.29, 0.717) is 18.3 Å². The minimum Gasteiger partial charge on any atom is -0.459 e. The van der Waals surface area contributed by atoms with E-state index in [-0.39, 0.29) is 5.91 Å². The Morgan fingerprint density at radius 3 is 3.05 bits per heavy atom. The molecule has 0 fully saturated rings. The molecule has 1 atom stereocenters. The molecule has 0 radical (unpaired) electrons. The van der Waals surface area contributed by atoms with E-state index < -0.39 is 0 Å². The molecule has 0 unspecified atom stereocenters. The standard InChI is InChI=1S/C16H18N2O3/c1-11-9-12-5-3-4-6-14(12)18(11)10-13-7-8-21-15(13)16(19)17-20-2/h3-8,11H,9-10H2,1-2H3,(H,17,19)/t11-/m1/s1. The maximum Gasteiger partial charge on any atom is 0.310 e. The summed E-state index contributed by atoms with van der Waals surface area (Å²) in [4.78, 5) is 18.8. The van der Waals surface area contributed by atoms with E-state index in [0.717, 1.165) is 12.0 Å². The number of hydrogen-bond acceptors (Lipinski definition) is 4. The smallest absolute Gasteiger partial charge is 0.310 e. The van der Waals surface area contributed by atoms with Crippen LogP contribution in [0.3, 0.4) is 0 Å². The van der Waals surface area contributed by atoms with Gasteiger partial charge in [0.25, 0.3) is 0 Å². The van der Waals surface area contributed by atoms with Gasteiger partial charge in [-0.2, -0.15) is 0 Å². The largest absolute Gasteiger partial charge is 0.459 e. The molecule has 0 aliphatic carbocycles. The Kier molecular flexibility index (Phi) is 3.66. The van der Waals surface area contributed by atoms with E-state index >= 15 is 0 Å². The van der Waals surface area contributed by atoms with Gasteiger partial charge in [-0.1, -0.05) is 18.2 Å². The molecule has 0 spiro atoms. The van der Waals surface area contributed by atoms with Gasteiger partial charge in [0.2, 0.25) is 0 Å². The minimum absolute atomic E-state index is 0.299. The van der Waals surface area contributed by atoms with Gasteiger partial charge < -0.3 is 9.32 Å². The summed E-state index contributed by atoms with van der Waals surface area (Å²) < 4.78 is 5.29. The lowest BCUT2D eigenvalue weighted by atomic mass is 10.1. The van der Waals surface area contributed by atoms with Crippen LogP contribution in [0, 0.1) is 0 Å². The molecular weight excluding hydrogens is 268 g/mol. The zero-order chi connectivity index (χ0) is 14.8. The van der Waals surface area contributed by atoms with Crippen molar-refractivity contribution in [1.82, 2.24) is 5.48 Å². The molecule has 0 saturated heterocycles. The van der Waals surface area contributed by atoms with Crippen molar-refractivity contribution in [2.75, 3.05) is 12.0 Å². The molecule has 1 aliphatic heterocycles. The van der Waals surface area contributed by atoms with Crippen molar-refractivity contribution in [2.24, 2.45) is 0 Å². The zero-order valence-electron chi connectivity index (χ0n) is 12.1. The van der Waals surface area contributed by atoms with Crippen LogP contribution in [-0.2, 0) is 17.8 Å². The minimum atomic E-state index is -0.363. The summed E-state index contributed by atoms with van der Waals surface area (Å²) in [6.45, 7) is 2.83. The van der Waals surface area contributed by atoms with Crippen LogP contribution >= 0.6 is 0 Å². The third-order valence-corrected chi connectivity index (χ3v) is 3.84. The van der Waals surface area contributed by atoms with E-state index in [1.165, 1.54) is 24.6 Å². The Morgan fingerprint density at radius 1 is 1.43 bits per heavy atom. The summed E-state index contributed by atoms with van der Waals surface area (Å²) in [5.74, 6) is -0.0638. The van der Waals surface area contributed by atoms with Gasteiger partial charge in [-0.25, -0.2) is 5.48 Å². The Labute approximate surface area is 123 Å². The fourth-order valence-electron chi connectivity index (χ4n) is 2.85. The van der Waals surface area contributed by atoms with Gasteiger partial charge in [-0.3, -0.25) is 9.63 Å². The lowest BCUT2D eigenvalue weighted by Gasteiger charge is -2.24. The number of rotatable bonds is 4. The van der Waals surface area contributed by atoms with Crippen LogP contribution in [0.1, 0.15) is 28.6 Å². The van der Waals surface area contributed by atoms with Crippen molar-refractivity contribution in [3.05, 3.63) is 53.5 Å². The molecule has 1 aromatic carbocycles. The number of amides is 1. The topological polar surface area (TPSA) is 54.7 Å². The Balaban J connectivity index is 1.85. The highest BCUT2D eigenvalue weighted by Gasteiger charge is 2.27. The fourth-order valence-corrected chi connectivity index (χ4v) is 2.85. The van der Waals surface area contributed by atoms with Crippen molar-refractivity contribution in [3.8, 4) is 0 Å². The average molecular weight is 286 g/mol. The van der Waals surface area contributed by atoms with Gasteiger partial charge in [0.1, 0.15) is 0 Å². The first-order valence-electron chi connectivity index (χ1n) is 6.95. The number of hydrogen-bond donors (Lipinski definition) is 1. The maximum absolute atomic E-state index is 11.9. The average Bonchev–Trinajstić information content (AvgIpc) is 3.05.